The molecule has 0 spiro atoms. The van der Waals surface area contributed by atoms with Crippen LogP contribution in [0.5, 0.6) is 5.75 Å². The van der Waals surface area contributed by atoms with Crippen LogP contribution >= 0.6 is 34.5 Å². The molecule has 0 fully saturated rings. The molecule has 36 heavy (non-hydrogen) atoms. The summed E-state index contributed by atoms with van der Waals surface area (Å²) in [5, 5.41) is 6.51. The van der Waals surface area contributed by atoms with Gasteiger partial charge in [-0.05, 0) is 65.2 Å². The smallest absolute Gasteiger partial charge is 0.204 e. The number of rotatable bonds is 8. The maximum atomic E-state index is 6.09. The van der Waals surface area contributed by atoms with E-state index in [-0.39, 0.29) is 0 Å². The second-order valence-electron chi connectivity index (χ2n) is 7.92. The van der Waals surface area contributed by atoms with Crippen LogP contribution in [0.25, 0.3) is 21.7 Å². The third-order valence-electron chi connectivity index (χ3n) is 5.35. The van der Waals surface area contributed by atoms with Crippen LogP contribution in [0.4, 0.5) is 5.13 Å². The number of halogens is 2. The molecule has 5 rings (SSSR count). The fourth-order valence-corrected chi connectivity index (χ4v) is 4.71. The Kier molecular flexibility index (Phi) is 7.62. The van der Waals surface area contributed by atoms with E-state index in [0.717, 1.165) is 38.6 Å². The number of ether oxygens (including phenoxy) is 1. The molecule has 5 aromatic rings. The van der Waals surface area contributed by atoms with Gasteiger partial charge in [0.2, 0.25) is 5.13 Å². The topological polar surface area (TPSA) is 46.5 Å². The molecule has 4 nitrogen and oxygen atoms in total. The van der Waals surface area contributed by atoms with Crippen LogP contribution in [-0.4, -0.2) is 11.2 Å². The van der Waals surface area contributed by atoms with Gasteiger partial charge in [-0.1, -0.05) is 89.1 Å². The Morgan fingerprint density at radius 2 is 1.44 bits per heavy atom. The summed E-state index contributed by atoms with van der Waals surface area (Å²) in [6.45, 7) is 0.482. The second-order valence-corrected chi connectivity index (χ2v) is 9.80. The van der Waals surface area contributed by atoms with Crippen LogP contribution in [0, 0.1) is 0 Å². The molecular weight excluding hydrogens is 509 g/mol. The van der Waals surface area contributed by atoms with Crippen molar-refractivity contribution in [2.75, 3.05) is 5.43 Å². The van der Waals surface area contributed by atoms with E-state index in [9.17, 15) is 0 Å². The van der Waals surface area contributed by atoms with Gasteiger partial charge in [0.15, 0.2) is 0 Å². The number of nitrogens with zero attached hydrogens (tertiary/aromatic N) is 2. The largest absolute Gasteiger partial charge is 0.489 e. The van der Waals surface area contributed by atoms with Crippen LogP contribution in [-0.2, 0) is 6.61 Å². The molecule has 0 bridgehead atoms. The van der Waals surface area contributed by atoms with Crippen molar-refractivity contribution in [3.05, 3.63) is 124 Å². The van der Waals surface area contributed by atoms with Gasteiger partial charge in [-0.2, -0.15) is 5.10 Å². The molecule has 7 heteroatoms. The van der Waals surface area contributed by atoms with Crippen LogP contribution in [0.1, 0.15) is 11.1 Å². The Bertz CT molecular complexity index is 1450. The molecule has 1 heterocycles. The van der Waals surface area contributed by atoms with E-state index < -0.39 is 0 Å². The standard InChI is InChI=1S/C29H21Cl2N3OS/c30-24-12-6-21(7-13-24)19-35-26-16-8-20(9-17-26)18-32-34-29-33-27(22-10-14-25(31)15-11-22)28(36-29)23-4-2-1-3-5-23/h1-18H,19H2,(H,33,34)/b32-18+. The molecule has 0 amide bonds. The van der Waals surface area contributed by atoms with E-state index in [4.69, 9.17) is 32.9 Å². The number of thiazole rings is 1. The first-order valence-corrected chi connectivity index (χ1v) is 12.8. The summed E-state index contributed by atoms with van der Waals surface area (Å²) in [5.41, 5.74) is 8.08. The lowest BCUT2D eigenvalue weighted by Crippen LogP contribution is -1.95. The highest BCUT2D eigenvalue weighted by Crippen LogP contribution is 2.39. The fraction of sp³-hybridized carbons (Fsp3) is 0.0345. The van der Waals surface area contributed by atoms with Crippen molar-refractivity contribution in [3.63, 3.8) is 0 Å². The predicted octanol–water partition coefficient (Wildman–Crippen LogP) is 8.81. The van der Waals surface area contributed by atoms with E-state index in [1.165, 1.54) is 0 Å². The Hall–Kier alpha value is -3.64. The summed E-state index contributed by atoms with van der Waals surface area (Å²) < 4.78 is 5.85. The SMILES string of the molecule is Clc1ccc(COc2ccc(/C=N/Nc3nc(-c4ccc(Cl)cc4)c(-c4ccccc4)s3)cc2)cc1. The number of anilines is 1. The summed E-state index contributed by atoms with van der Waals surface area (Å²) in [6, 6.07) is 33.3. The van der Waals surface area contributed by atoms with Gasteiger partial charge in [0.05, 0.1) is 16.8 Å². The molecule has 0 aliphatic rings. The lowest BCUT2D eigenvalue weighted by molar-refractivity contribution is 0.306. The zero-order valence-electron chi connectivity index (χ0n) is 19.1. The minimum absolute atomic E-state index is 0.482. The average Bonchev–Trinajstić information content (AvgIpc) is 3.34. The Labute approximate surface area is 223 Å². The molecule has 0 aliphatic heterocycles. The highest BCUT2D eigenvalue weighted by atomic mass is 35.5. The van der Waals surface area contributed by atoms with Crippen molar-refractivity contribution in [1.82, 2.24) is 4.98 Å². The van der Waals surface area contributed by atoms with Crippen LogP contribution < -0.4 is 10.2 Å². The van der Waals surface area contributed by atoms with Gasteiger partial charge in [0.25, 0.3) is 0 Å². The summed E-state index contributed by atoms with van der Waals surface area (Å²) in [5.74, 6) is 0.787. The first-order valence-electron chi connectivity index (χ1n) is 11.2. The van der Waals surface area contributed by atoms with Crippen molar-refractivity contribution in [2.24, 2.45) is 5.10 Å². The highest BCUT2D eigenvalue weighted by molar-refractivity contribution is 7.19. The quantitative estimate of drug-likeness (QED) is 0.161. The van der Waals surface area contributed by atoms with Gasteiger partial charge < -0.3 is 4.74 Å². The first kappa shape index (κ1) is 24.1. The number of hydrogen-bond acceptors (Lipinski definition) is 5. The zero-order valence-corrected chi connectivity index (χ0v) is 21.4. The number of hydrogen-bond donors (Lipinski definition) is 1. The second kappa shape index (κ2) is 11.4. The highest BCUT2D eigenvalue weighted by Gasteiger charge is 2.14. The Balaban J connectivity index is 1.27. The van der Waals surface area contributed by atoms with Gasteiger partial charge in [0, 0.05) is 15.6 Å². The molecule has 0 aliphatic carbocycles. The number of aromatic nitrogens is 1. The molecule has 0 saturated carbocycles. The van der Waals surface area contributed by atoms with Crippen LogP contribution in [0.15, 0.2) is 108 Å². The molecule has 0 saturated heterocycles. The van der Waals surface area contributed by atoms with E-state index in [0.29, 0.717) is 21.8 Å². The average molecular weight is 530 g/mol. The number of benzene rings is 4. The molecule has 0 unspecified atom stereocenters. The molecule has 1 aromatic heterocycles. The predicted molar refractivity (Wildman–Crippen MR) is 151 cm³/mol. The normalized spacial score (nSPS) is 11.1. The van der Waals surface area contributed by atoms with Crippen molar-refractivity contribution in [2.45, 2.75) is 6.61 Å². The van der Waals surface area contributed by atoms with Crippen molar-refractivity contribution in [1.29, 1.82) is 0 Å². The summed E-state index contributed by atoms with van der Waals surface area (Å²) in [7, 11) is 0. The molecule has 4 aromatic carbocycles. The Morgan fingerprint density at radius 3 is 2.14 bits per heavy atom. The molecule has 0 radical (unpaired) electrons. The minimum Gasteiger partial charge on any atom is -0.489 e. The number of nitrogens with one attached hydrogen (secondary N) is 1. The van der Waals surface area contributed by atoms with E-state index >= 15 is 0 Å². The van der Waals surface area contributed by atoms with E-state index in [2.05, 4.69) is 22.7 Å². The zero-order chi connectivity index (χ0) is 24.7. The minimum atomic E-state index is 0.482. The van der Waals surface area contributed by atoms with Gasteiger partial charge >= 0.3 is 0 Å². The lowest BCUT2D eigenvalue weighted by atomic mass is 10.1. The summed E-state index contributed by atoms with van der Waals surface area (Å²) >= 11 is 13.6. The lowest BCUT2D eigenvalue weighted by Gasteiger charge is -2.06. The molecule has 0 atom stereocenters. The van der Waals surface area contributed by atoms with Crippen molar-refractivity contribution >= 4 is 45.9 Å². The van der Waals surface area contributed by atoms with Crippen molar-refractivity contribution < 1.29 is 4.74 Å². The van der Waals surface area contributed by atoms with E-state index in [1.54, 1.807) is 17.6 Å². The maximum absolute atomic E-state index is 6.09. The van der Waals surface area contributed by atoms with Gasteiger partial charge in [-0.3, -0.25) is 5.43 Å². The van der Waals surface area contributed by atoms with Gasteiger partial charge in [0.1, 0.15) is 12.4 Å². The van der Waals surface area contributed by atoms with Crippen LogP contribution in [0.2, 0.25) is 10.0 Å². The monoisotopic (exact) mass is 529 g/mol. The third kappa shape index (κ3) is 6.13. The molecule has 1 N–H and O–H groups in total. The summed E-state index contributed by atoms with van der Waals surface area (Å²) in [6.07, 6.45) is 1.76. The first-order chi connectivity index (χ1) is 17.6. The van der Waals surface area contributed by atoms with Crippen molar-refractivity contribution in [3.8, 4) is 27.4 Å². The molecular formula is C29H21Cl2N3OS. The Morgan fingerprint density at radius 1 is 0.778 bits per heavy atom. The van der Waals surface area contributed by atoms with Gasteiger partial charge in [-0.25, -0.2) is 4.98 Å². The molecule has 178 valence electrons. The summed E-state index contributed by atoms with van der Waals surface area (Å²) in [4.78, 5) is 5.88. The number of hydrazone groups is 1. The fourth-order valence-electron chi connectivity index (χ4n) is 3.52. The van der Waals surface area contributed by atoms with Crippen LogP contribution in [0.3, 0.4) is 0 Å². The van der Waals surface area contributed by atoms with E-state index in [1.807, 2.05) is 91.0 Å². The maximum Gasteiger partial charge on any atom is 0.204 e. The van der Waals surface area contributed by atoms with Gasteiger partial charge in [-0.15, -0.1) is 0 Å². The third-order valence-corrected chi connectivity index (χ3v) is 6.87.